The molecular formula is C17H24N2. The third-order valence-electron chi connectivity index (χ3n) is 3.39. The second-order valence-corrected chi connectivity index (χ2v) is 6.00. The Hall–Kier alpha value is -1.70. The Kier molecular flexibility index (Phi) is 3.98. The molecule has 0 saturated carbocycles. The van der Waals surface area contributed by atoms with E-state index in [-0.39, 0.29) is 5.41 Å². The molecule has 0 bridgehead atoms. The minimum atomic E-state index is 0.166. The molecule has 2 nitrogen and oxygen atoms in total. The summed E-state index contributed by atoms with van der Waals surface area (Å²) < 4.78 is 2.20. The highest BCUT2D eigenvalue weighted by atomic mass is 14.9. The Morgan fingerprint density at radius 2 is 1.84 bits per heavy atom. The standard InChI is InChI=1S/C17H24N2/c1-5-19-11-10-14(13-19)12-18-16-9-7-6-8-15(16)17(2,3)4/h6-11,13,18H,5,12H2,1-4H3. The van der Waals surface area contributed by atoms with Crippen molar-refractivity contribution in [1.29, 1.82) is 0 Å². The smallest absolute Gasteiger partial charge is 0.0415 e. The third kappa shape index (κ3) is 3.40. The van der Waals surface area contributed by atoms with Gasteiger partial charge in [-0.05, 0) is 35.6 Å². The van der Waals surface area contributed by atoms with Crippen LogP contribution in [0.5, 0.6) is 0 Å². The van der Waals surface area contributed by atoms with Crippen LogP contribution in [0.4, 0.5) is 5.69 Å². The molecule has 0 aliphatic carbocycles. The maximum absolute atomic E-state index is 3.56. The monoisotopic (exact) mass is 256 g/mol. The van der Waals surface area contributed by atoms with Gasteiger partial charge in [0.15, 0.2) is 0 Å². The first-order valence-corrected chi connectivity index (χ1v) is 6.98. The lowest BCUT2D eigenvalue weighted by Crippen LogP contribution is -2.14. The Bertz CT molecular complexity index is 532. The number of rotatable bonds is 4. The molecule has 0 aliphatic rings. The van der Waals surface area contributed by atoms with Gasteiger partial charge in [0.05, 0.1) is 0 Å². The largest absolute Gasteiger partial charge is 0.381 e. The molecule has 2 aromatic rings. The van der Waals surface area contributed by atoms with Gasteiger partial charge < -0.3 is 9.88 Å². The molecule has 0 saturated heterocycles. The molecule has 1 aromatic heterocycles. The van der Waals surface area contributed by atoms with E-state index in [0.29, 0.717) is 0 Å². The van der Waals surface area contributed by atoms with Crippen LogP contribution < -0.4 is 5.32 Å². The molecule has 19 heavy (non-hydrogen) atoms. The zero-order valence-corrected chi connectivity index (χ0v) is 12.4. The number of nitrogens with zero attached hydrogens (tertiary/aromatic N) is 1. The van der Waals surface area contributed by atoms with E-state index in [9.17, 15) is 0 Å². The molecule has 0 spiro atoms. The maximum atomic E-state index is 3.56. The summed E-state index contributed by atoms with van der Waals surface area (Å²) in [6, 6.07) is 10.8. The van der Waals surface area contributed by atoms with Gasteiger partial charge in [0.1, 0.15) is 0 Å². The number of aromatic nitrogens is 1. The van der Waals surface area contributed by atoms with Crippen molar-refractivity contribution in [3.05, 3.63) is 53.9 Å². The second kappa shape index (κ2) is 5.52. The summed E-state index contributed by atoms with van der Waals surface area (Å²) in [7, 11) is 0. The molecule has 1 N–H and O–H groups in total. The molecule has 102 valence electrons. The molecule has 0 aliphatic heterocycles. The minimum absolute atomic E-state index is 0.166. The van der Waals surface area contributed by atoms with E-state index >= 15 is 0 Å². The summed E-state index contributed by atoms with van der Waals surface area (Å²) in [5.41, 5.74) is 4.09. The van der Waals surface area contributed by atoms with E-state index in [1.54, 1.807) is 0 Å². The number of para-hydroxylation sites is 1. The van der Waals surface area contributed by atoms with Crippen molar-refractivity contribution in [1.82, 2.24) is 4.57 Å². The number of aryl methyl sites for hydroxylation is 1. The lowest BCUT2D eigenvalue weighted by Gasteiger charge is -2.23. The van der Waals surface area contributed by atoms with Gasteiger partial charge in [0.2, 0.25) is 0 Å². The lowest BCUT2D eigenvalue weighted by atomic mass is 9.86. The van der Waals surface area contributed by atoms with Crippen molar-refractivity contribution in [2.24, 2.45) is 0 Å². The quantitative estimate of drug-likeness (QED) is 0.857. The van der Waals surface area contributed by atoms with Gasteiger partial charge in [-0.1, -0.05) is 39.0 Å². The minimum Gasteiger partial charge on any atom is -0.381 e. The first-order valence-electron chi connectivity index (χ1n) is 6.98. The molecule has 2 rings (SSSR count). The van der Waals surface area contributed by atoms with Gasteiger partial charge in [-0.3, -0.25) is 0 Å². The van der Waals surface area contributed by atoms with Crippen LogP contribution in [0.1, 0.15) is 38.8 Å². The van der Waals surface area contributed by atoms with Crippen LogP contribution >= 0.6 is 0 Å². The van der Waals surface area contributed by atoms with Gasteiger partial charge in [0.25, 0.3) is 0 Å². The van der Waals surface area contributed by atoms with Crippen molar-refractivity contribution in [2.75, 3.05) is 5.32 Å². The van der Waals surface area contributed by atoms with Crippen LogP contribution in [0, 0.1) is 0 Å². The normalized spacial score (nSPS) is 11.6. The number of benzene rings is 1. The Balaban J connectivity index is 2.11. The van der Waals surface area contributed by atoms with Crippen LogP contribution in [-0.4, -0.2) is 4.57 Å². The van der Waals surface area contributed by atoms with Crippen molar-refractivity contribution in [3.63, 3.8) is 0 Å². The molecule has 0 radical (unpaired) electrons. The van der Waals surface area contributed by atoms with E-state index in [1.807, 2.05) is 0 Å². The Labute approximate surface area is 116 Å². The van der Waals surface area contributed by atoms with E-state index < -0.39 is 0 Å². The average Bonchev–Trinajstić information content (AvgIpc) is 2.83. The van der Waals surface area contributed by atoms with E-state index in [2.05, 4.69) is 80.3 Å². The van der Waals surface area contributed by atoms with Gasteiger partial charge in [0, 0.05) is 31.2 Å². The summed E-state index contributed by atoms with van der Waals surface area (Å²) in [5, 5.41) is 3.56. The van der Waals surface area contributed by atoms with Crippen LogP contribution in [0.25, 0.3) is 0 Å². The number of hydrogen-bond acceptors (Lipinski definition) is 1. The fraction of sp³-hybridized carbons (Fsp3) is 0.412. The zero-order chi connectivity index (χ0) is 13.9. The summed E-state index contributed by atoms with van der Waals surface area (Å²) in [6.07, 6.45) is 4.33. The average molecular weight is 256 g/mol. The molecule has 0 fully saturated rings. The second-order valence-electron chi connectivity index (χ2n) is 6.00. The Morgan fingerprint density at radius 3 is 2.47 bits per heavy atom. The van der Waals surface area contributed by atoms with Gasteiger partial charge in [-0.25, -0.2) is 0 Å². The van der Waals surface area contributed by atoms with E-state index in [4.69, 9.17) is 0 Å². The summed E-state index contributed by atoms with van der Waals surface area (Å²) >= 11 is 0. The number of hydrogen-bond donors (Lipinski definition) is 1. The molecule has 0 atom stereocenters. The highest BCUT2D eigenvalue weighted by Crippen LogP contribution is 2.29. The summed E-state index contributed by atoms with van der Waals surface area (Å²) in [5.74, 6) is 0. The molecule has 1 aromatic carbocycles. The Morgan fingerprint density at radius 1 is 1.11 bits per heavy atom. The number of nitrogens with one attached hydrogen (secondary N) is 1. The predicted octanol–water partition coefficient (Wildman–Crippen LogP) is 4.42. The van der Waals surface area contributed by atoms with Crippen LogP contribution in [0.15, 0.2) is 42.7 Å². The van der Waals surface area contributed by atoms with Crippen LogP contribution in [0.3, 0.4) is 0 Å². The van der Waals surface area contributed by atoms with Crippen molar-refractivity contribution in [3.8, 4) is 0 Å². The zero-order valence-electron chi connectivity index (χ0n) is 12.4. The topological polar surface area (TPSA) is 17.0 Å². The molecular weight excluding hydrogens is 232 g/mol. The lowest BCUT2D eigenvalue weighted by molar-refractivity contribution is 0.591. The first-order chi connectivity index (χ1) is 9.00. The number of anilines is 1. The molecule has 2 heteroatoms. The fourth-order valence-corrected chi connectivity index (χ4v) is 2.28. The first kappa shape index (κ1) is 13.7. The summed E-state index contributed by atoms with van der Waals surface area (Å²) in [4.78, 5) is 0. The van der Waals surface area contributed by atoms with Crippen molar-refractivity contribution in [2.45, 2.75) is 46.2 Å². The van der Waals surface area contributed by atoms with E-state index in [0.717, 1.165) is 13.1 Å². The van der Waals surface area contributed by atoms with Crippen LogP contribution in [0.2, 0.25) is 0 Å². The maximum Gasteiger partial charge on any atom is 0.0415 e. The van der Waals surface area contributed by atoms with Gasteiger partial charge in [-0.15, -0.1) is 0 Å². The van der Waals surface area contributed by atoms with Gasteiger partial charge in [-0.2, -0.15) is 0 Å². The van der Waals surface area contributed by atoms with Crippen LogP contribution in [-0.2, 0) is 18.5 Å². The fourth-order valence-electron chi connectivity index (χ4n) is 2.28. The predicted molar refractivity (Wildman–Crippen MR) is 82.6 cm³/mol. The van der Waals surface area contributed by atoms with Gasteiger partial charge >= 0.3 is 0 Å². The van der Waals surface area contributed by atoms with Crippen molar-refractivity contribution >= 4 is 5.69 Å². The van der Waals surface area contributed by atoms with E-state index in [1.165, 1.54) is 16.8 Å². The highest BCUT2D eigenvalue weighted by Gasteiger charge is 2.17. The summed E-state index contributed by atoms with van der Waals surface area (Å²) in [6.45, 7) is 10.8. The third-order valence-corrected chi connectivity index (χ3v) is 3.39. The SMILES string of the molecule is CCn1ccc(CNc2ccccc2C(C)(C)C)c1. The van der Waals surface area contributed by atoms with Crippen molar-refractivity contribution < 1.29 is 0 Å². The molecule has 0 unspecified atom stereocenters. The molecule has 0 amide bonds. The highest BCUT2D eigenvalue weighted by molar-refractivity contribution is 5.54. The molecule has 1 heterocycles.